The fourth-order valence-corrected chi connectivity index (χ4v) is 2.30. The van der Waals surface area contributed by atoms with Crippen molar-refractivity contribution in [3.63, 3.8) is 0 Å². The summed E-state index contributed by atoms with van der Waals surface area (Å²) in [5.41, 5.74) is 2.31. The molecule has 0 amide bonds. The molecule has 3 aromatic rings. The molecule has 122 valence electrons. The average molecular weight is 364 g/mol. The number of hydrogen-bond acceptors (Lipinski definition) is 5. The van der Waals surface area contributed by atoms with Crippen LogP contribution in [0.15, 0.2) is 42.6 Å². The van der Waals surface area contributed by atoms with E-state index in [2.05, 4.69) is 25.8 Å². The van der Waals surface area contributed by atoms with E-state index >= 15 is 0 Å². The van der Waals surface area contributed by atoms with Gasteiger partial charge in [0, 0.05) is 16.4 Å². The van der Waals surface area contributed by atoms with Crippen LogP contribution in [0.5, 0.6) is 0 Å². The highest BCUT2D eigenvalue weighted by Gasteiger charge is 2.05. The van der Waals surface area contributed by atoms with Crippen LogP contribution in [0.4, 0.5) is 27.5 Å². The quantitative estimate of drug-likeness (QED) is 0.673. The standard InChI is InChI=1S/C16H12Cl2FN5/c1-9-2-3-11(6-12(9)17)22-16-23-15(8-20-24-16)21-10-4-5-14(19)13(18)7-10/h2-8H,1H3,(H2,21,22,23,24). The molecule has 0 fully saturated rings. The summed E-state index contributed by atoms with van der Waals surface area (Å²) in [6.07, 6.45) is 1.45. The Kier molecular flexibility index (Phi) is 4.78. The van der Waals surface area contributed by atoms with Crippen LogP contribution in [0.3, 0.4) is 0 Å². The molecule has 8 heteroatoms. The van der Waals surface area contributed by atoms with Crippen LogP contribution in [-0.4, -0.2) is 15.2 Å². The number of aryl methyl sites for hydroxylation is 1. The highest BCUT2D eigenvalue weighted by Crippen LogP contribution is 2.24. The van der Waals surface area contributed by atoms with Gasteiger partial charge in [-0.05, 0) is 42.8 Å². The monoisotopic (exact) mass is 363 g/mol. The molecule has 0 unspecified atom stereocenters. The normalized spacial score (nSPS) is 10.5. The zero-order valence-electron chi connectivity index (χ0n) is 12.5. The van der Waals surface area contributed by atoms with Gasteiger partial charge in [0.05, 0.1) is 11.2 Å². The largest absolute Gasteiger partial charge is 0.339 e. The third-order valence-electron chi connectivity index (χ3n) is 3.18. The summed E-state index contributed by atoms with van der Waals surface area (Å²) in [5, 5.41) is 14.5. The van der Waals surface area contributed by atoms with E-state index in [9.17, 15) is 4.39 Å². The second kappa shape index (κ2) is 6.98. The zero-order valence-corrected chi connectivity index (χ0v) is 14.0. The van der Waals surface area contributed by atoms with E-state index in [1.807, 2.05) is 19.1 Å². The van der Waals surface area contributed by atoms with Crippen molar-refractivity contribution < 1.29 is 4.39 Å². The molecule has 2 aromatic carbocycles. The summed E-state index contributed by atoms with van der Waals surface area (Å²) in [6.45, 7) is 1.92. The van der Waals surface area contributed by atoms with Crippen LogP contribution in [0.25, 0.3) is 0 Å². The van der Waals surface area contributed by atoms with E-state index in [1.165, 1.54) is 18.3 Å². The lowest BCUT2D eigenvalue weighted by atomic mass is 10.2. The van der Waals surface area contributed by atoms with Gasteiger partial charge >= 0.3 is 0 Å². The Morgan fingerprint density at radius 2 is 1.67 bits per heavy atom. The highest BCUT2D eigenvalue weighted by molar-refractivity contribution is 6.31. The minimum atomic E-state index is -0.485. The van der Waals surface area contributed by atoms with Crippen molar-refractivity contribution in [2.24, 2.45) is 0 Å². The Morgan fingerprint density at radius 1 is 0.958 bits per heavy atom. The zero-order chi connectivity index (χ0) is 17.1. The van der Waals surface area contributed by atoms with Crippen molar-refractivity contribution in [3.05, 3.63) is 64.0 Å². The number of aromatic nitrogens is 3. The number of halogens is 3. The fraction of sp³-hybridized carbons (Fsp3) is 0.0625. The number of hydrogen-bond donors (Lipinski definition) is 2. The van der Waals surface area contributed by atoms with E-state index < -0.39 is 5.82 Å². The number of benzene rings is 2. The summed E-state index contributed by atoms with van der Waals surface area (Å²) in [7, 11) is 0. The maximum absolute atomic E-state index is 13.2. The summed E-state index contributed by atoms with van der Waals surface area (Å²) in [4.78, 5) is 4.29. The first-order valence-corrected chi connectivity index (χ1v) is 7.72. The van der Waals surface area contributed by atoms with Gasteiger partial charge in [0.2, 0.25) is 5.95 Å². The Hall–Kier alpha value is -2.44. The van der Waals surface area contributed by atoms with Crippen molar-refractivity contribution in [1.29, 1.82) is 0 Å². The number of nitrogens with zero attached hydrogens (tertiary/aromatic N) is 3. The molecule has 0 saturated heterocycles. The van der Waals surface area contributed by atoms with Crippen LogP contribution in [0, 0.1) is 12.7 Å². The Labute approximate surface area is 147 Å². The van der Waals surface area contributed by atoms with E-state index in [0.29, 0.717) is 22.5 Å². The number of rotatable bonds is 4. The van der Waals surface area contributed by atoms with E-state index in [0.717, 1.165) is 11.3 Å². The lowest BCUT2D eigenvalue weighted by molar-refractivity contribution is 0.628. The van der Waals surface area contributed by atoms with Crippen molar-refractivity contribution >= 4 is 46.3 Å². The molecule has 0 radical (unpaired) electrons. The lowest BCUT2D eigenvalue weighted by Gasteiger charge is -2.09. The molecular weight excluding hydrogens is 352 g/mol. The Balaban J connectivity index is 1.78. The summed E-state index contributed by atoms with van der Waals surface area (Å²) >= 11 is 11.9. The van der Waals surface area contributed by atoms with E-state index in [4.69, 9.17) is 23.2 Å². The number of anilines is 4. The molecule has 0 aliphatic rings. The first kappa shape index (κ1) is 16.4. The molecule has 0 bridgehead atoms. The fourth-order valence-electron chi connectivity index (χ4n) is 1.94. The van der Waals surface area contributed by atoms with Gasteiger partial charge in [-0.15, -0.1) is 5.10 Å². The third-order valence-corrected chi connectivity index (χ3v) is 3.88. The van der Waals surface area contributed by atoms with Crippen LogP contribution >= 0.6 is 23.2 Å². The van der Waals surface area contributed by atoms with Crippen molar-refractivity contribution in [2.75, 3.05) is 10.6 Å². The lowest BCUT2D eigenvalue weighted by Crippen LogP contribution is -2.02. The van der Waals surface area contributed by atoms with Gasteiger partial charge < -0.3 is 10.6 Å². The molecule has 2 N–H and O–H groups in total. The SMILES string of the molecule is Cc1ccc(Nc2nncc(Nc3ccc(F)c(Cl)c3)n2)cc1Cl. The second-order valence-electron chi connectivity index (χ2n) is 5.01. The van der Waals surface area contributed by atoms with Crippen LogP contribution in [-0.2, 0) is 0 Å². The van der Waals surface area contributed by atoms with Gasteiger partial charge in [0.25, 0.3) is 0 Å². The Morgan fingerprint density at radius 3 is 2.42 bits per heavy atom. The van der Waals surface area contributed by atoms with Crippen LogP contribution < -0.4 is 10.6 Å². The average Bonchev–Trinajstić information content (AvgIpc) is 2.55. The molecule has 0 aliphatic carbocycles. The van der Waals surface area contributed by atoms with Crippen molar-refractivity contribution in [3.8, 4) is 0 Å². The van der Waals surface area contributed by atoms with Gasteiger partial charge in [0.1, 0.15) is 5.82 Å². The van der Waals surface area contributed by atoms with E-state index in [1.54, 1.807) is 12.1 Å². The molecule has 3 rings (SSSR count). The van der Waals surface area contributed by atoms with Gasteiger partial charge in [-0.2, -0.15) is 10.1 Å². The molecule has 5 nitrogen and oxygen atoms in total. The maximum atomic E-state index is 13.2. The second-order valence-corrected chi connectivity index (χ2v) is 5.82. The Bertz CT molecular complexity index is 819. The minimum Gasteiger partial charge on any atom is -0.339 e. The molecule has 1 aromatic heterocycles. The first-order chi connectivity index (χ1) is 11.5. The molecule has 0 spiro atoms. The van der Waals surface area contributed by atoms with Gasteiger partial charge in [0.15, 0.2) is 5.82 Å². The third kappa shape index (κ3) is 3.90. The minimum absolute atomic E-state index is 0.0228. The molecule has 0 atom stereocenters. The molecule has 0 saturated carbocycles. The smallest absolute Gasteiger partial charge is 0.249 e. The van der Waals surface area contributed by atoms with Gasteiger partial charge in [-0.3, -0.25) is 0 Å². The summed E-state index contributed by atoms with van der Waals surface area (Å²) in [5.74, 6) is 0.253. The molecular formula is C16H12Cl2FN5. The van der Waals surface area contributed by atoms with Crippen molar-refractivity contribution in [2.45, 2.75) is 6.92 Å². The van der Waals surface area contributed by atoms with E-state index in [-0.39, 0.29) is 5.02 Å². The number of nitrogens with one attached hydrogen (secondary N) is 2. The molecule has 1 heterocycles. The first-order valence-electron chi connectivity index (χ1n) is 6.96. The van der Waals surface area contributed by atoms with Crippen LogP contribution in [0.2, 0.25) is 10.0 Å². The van der Waals surface area contributed by atoms with Gasteiger partial charge in [-0.25, -0.2) is 4.39 Å². The molecule has 0 aliphatic heterocycles. The van der Waals surface area contributed by atoms with Gasteiger partial charge in [-0.1, -0.05) is 29.3 Å². The highest BCUT2D eigenvalue weighted by atomic mass is 35.5. The predicted molar refractivity (Wildman–Crippen MR) is 94.0 cm³/mol. The molecule has 24 heavy (non-hydrogen) atoms. The summed E-state index contributed by atoms with van der Waals surface area (Å²) in [6, 6.07) is 9.82. The van der Waals surface area contributed by atoms with Crippen LogP contribution in [0.1, 0.15) is 5.56 Å². The maximum Gasteiger partial charge on any atom is 0.249 e. The van der Waals surface area contributed by atoms with Crippen molar-refractivity contribution in [1.82, 2.24) is 15.2 Å². The predicted octanol–water partition coefficient (Wildman–Crippen LogP) is 5.11. The summed E-state index contributed by atoms with van der Waals surface area (Å²) < 4.78 is 13.2. The topological polar surface area (TPSA) is 62.7 Å².